The smallest absolute Gasteiger partial charge is 0.0960 e. The van der Waals surface area contributed by atoms with Gasteiger partial charge in [-0.1, -0.05) is 6.07 Å². The first-order valence-corrected chi connectivity index (χ1v) is 6.01. The molecule has 84 valence electrons. The van der Waals surface area contributed by atoms with Crippen molar-refractivity contribution in [2.24, 2.45) is 0 Å². The van der Waals surface area contributed by atoms with E-state index in [0.717, 1.165) is 17.4 Å². The Morgan fingerprint density at radius 3 is 2.87 bits per heavy atom. The molecule has 1 atom stereocenters. The maximum Gasteiger partial charge on any atom is 0.0960 e. The van der Waals surface area contributed by atoms with Crippen LogP contribution in [0.15, 0.2) is 23.4 Å². The van der Waals surface area contributed by atoms with Crippen molar-refractivity contribution in [3.63, 3.8) is 0 Å². The normalized spacial score (nSPS) is 12.7. The quantitative estimate of drug-likeness (QED) is 0.595. The lowest BCUT2D eigenvalue weighted by molar-refractivity contribution is 0.218. The molecule has 0 bridgehead atoms. The van der Waals surface area contributed by atoms with Crippen LogP contribution in [0.4, 0.5) is 0 Å². The number of aromatic nitrogens is 1. The van der Waals surface area contributed by atoms with Gasteiger partial charge in [0.15, 0.2) is 0 Å². The zero-order chi connectivity index (χ0) is 11.1. The van der Waals surface area contributed by atoms with Crippen LogP contribution in [0.3, 0.4) is 0 Å². The number of nitrogens with one attached hydrogen (secondary N) is 1. The maximum atomic E-state index is 4.98. The van der Waals surface area contributed by atoms with E-state index in [9.17, 15) is 0 Å². The van der Waals surface area contributed by atoms with Crippen molar-refractivity contribution in [3.05, 3.63) is 23.9 Å². The third-order valence-corrected chi connectivity index (χ3v) is 3.14. The fraction of sp³-hybridized carbons (Fsp3) is 0.545. The molecule has 0 aliphatic heterocycles. The van der Waals surface area contributed by atoms with Gasteiger partial charge >= 0.3 is 0 Å². The second-order valence-corrected chi connectivity index (χ2v) is 4.40. The van der Waals surface area contributed by atoms with Gasteiger partial charge in [0.25, 0.3) is 0 Å². The molecule has 0 amide bonds. The molecule has 3 nitrogen and oxygen atoms in total. The molecular weight excluding hydrogens is 208 g/mol. The van der Waals surface area contributed by atoms with E-state index in [1.165, 1.54) is 5.56 Å². The maximum absolute atomic E-state index is 4.98. The first-order chi connectivity index (χ1) is 7.27. The van der Waals surface area contributed by atoms with Crippen molar-refractivity contribution in [1.29, 1.82) is 0 Å². The molecule has 0 aliphatic rings. The van der Waals surface area contributed by atoms with Gasteiger partial charge < -0.3 is 10.1 Å². The third kappa shape index (κ3) is 4.20. The van der Waals surface area contributed by atoms with Crippen LogP contribution in [0.1, 0.15) is 18.5 Å². The lowest BCUT2D eigenvalue weighted by Crippen LogP contribution is -2.12. The standard InChI is InChI=1S/C11H18N2OS/c1-9(12-2)10-4-5-11(13-8-10)15-7-6-14-3/h4-5,8-9,12H,6-7H2,1-3H3. The molecule has 1 unspecified atom stereocenters. The van der Waals surface area contributed by atoms with E-state index in [4.69, 9.17) is 4.74 Å². The largest absolute Gasteiger partial charge is 0.384 e. The Labute approximate surface area is 95.6 Å². The number of thioether (sulfide) groups is 1. The van der Waals surface area contributed by atoms with E-state index in [2.05, 4.69) is 29.4 Å². The summed E-state index contributed by atoms with van der Waals surface area (Å²) >= 11 is 1.72. The number of hydrogen-bond acceptors (Lipinski definition) is 4. The van der Waals surface area contributed by atoms with Gasteiger partial charge in [-0.05, 0) is 25.6 Å². The molecule has 0 fully saturated rings. The van der Waals surface area contributed by atoms with Crippen molar-refractivity contribution >= 4 is 11.8 Å². The Morgan fingerprint density at radius 1 is 1.53 bits per heavy atom. The highest BCUT2D eigenvalue weighted by atomic mass is 32.2. The topological polar surface area (TPSA) is 34.1 Å². The molecule has 0 aliphatic carbocycles. The molecule has 0 aromatic carbocycles. The average Bonchev–Trinajstić information content (AvgIpc) is 2.29. The molecule has 1 rings (SSSR count). The van der Waals surface area contributed by atoms with E-state index < -0.39 is 0 Å². The van der Waals surface area contributed by atoms with Crippen LogP contribution in [0.25, 0.3) is 0 Å². The van der Waals surface area contributed by atoms with Gasteiger partial charge in [0.05, 0.1) is 11.6 Å². The monoisotopic (exact) mass is 226 g/mol. The van der Waals surface area contributed by atoms with Gasteiger partial charge in [-0.25, -0.2) is 4.98 Å². The van der Waals surface area contributed by atoms with Crippen LogP contribution in [0, 0.1) is 0 Å². The summed E-state index contributed by atoms with van der Waals surface area (Å²) in [4.78, 5) is 4.39. The minimum atomic E-state index is 0.357. The summed E-state index contributed by atoms with van der Waals surface area (Å²) in [5.41, 5.74) is 1.22. The fourth-order valence-electron chi connectivity index (χ4n) is 1.13. The van der Waals surface area contributed by atoms with Crippen molar-refractivity contribution in [3.8, 4) is 0 Å². The molecule has 15 heavy (non-hydrogen) atoms. The Morgan fingerprint density at radius 2 is 2.33 bits per heavy atom. The van der Waals surface area contributed by atoms with Crippen LogP contribution in [-0.4, -0.2) is 31.5 Å². The van der Waals surface area contributed by atoms with Gasteiger partial charge in [0, 0.05) is 25.1 Å². The molecule has 1 aromatic rings. The Hall–Kier alpha value is -0.580. The number of hydrogen-bond donors (Lipinski definition) is 1. The highest BCUT2D eigenvalue weighted by molar-refractivity contribution is 7.99. The van der Waals surface area contributed by atoms with Crippen molar-refractivity contribution in [2.75, 3.05) is 26.5 Å². The number of rotatable bonds is 6. The first-order valence-electron chi connectivity index (χ1n) is 5.03. The number of nitrogens with zero attached hydrogens (tertiary/aromatic N) is 1. The second kappa shape index (κ2) is 6.82. The van der Waals surface area contributed by atoms with Gasteiger partial charge in [0.1, 0.15) is 0 Å². The SMILES string of the molecule is CNC(C)c1ccc(SCCOC)nc1. The first kappa shape index (κ1) is 12.5. The number of methoxy groups -OCH3 is 1. The minimum Gasteiger partial charge on any atom is -0.384 e. The Balaban J connectivity index is 2.49. The summed E-state index contributed by atoms with van der Waals surface area (Å²) in [6.45, 7) is 2.88. The predicted molar refractivity (Wildman–Crippen MR) is 64.3 cm³/mol. The number of ether oxygens (including phenoxy) is 1. The molecular formula is C11H18N2OS. The predicted octanol–water partition coefficient (Wildman–Crippen LogP) is 2.10. The van der Waals surface area contributed by atoms with Crippen LogP contribution in [0.5, 0.6) is 0 Å². The van der Waals surface area contributed by atoms with E-state index in [1.54, 1.807) is 18.9 Å². The van der Waals surface area contributed by atoms with Crippen LogP contribution in [0.2, 0.25) is 0 Å². The van der Waals surface area contributed by atoms with Gasteiger partial charge in [-0.2, -0.15) is 0 Å². The summed E-state index contributed by atoms with van der Waals surface area (Å²) in [5.74, 6) is 0.949. The average molecular weight is 226 g/mol. The molecule has 1 heterocycles. The summed E-state index contributed by atoms with van der Waals surface area (Å²) < 4.78 is 4.98. The fourth-order valence-corrected chi connectivity index (χ4v) is 1.88. The van der Waals surface area contributed by atoms with E-state index >= 15 is 0 Å². The van der Waals surface area contributed by atoms with Gasteiger partial charge in [0.2, 0.25) is 0 Å². The zero-order valence-corrected chi connectivity index (χ0v) is 10.3. The van der Waals surface area contributed by atoms with Crippen molar-refractivity contribution in [1.82, 2.24) is 10.3 Å². The summed E-state index contributed by atoms with van der Waals surface area (Å²) in [6.07, 6.45) is 1.93. The Kier molecular flexibility index (Phi) is 5.68. The highest BCUT2D eigenvalue weighted by Gasteiger charge is 2.02. The third-order valence-electron chi connectivity index (χ3n) is 2.23. The van der Waals surface area contributed by atoms with Crippen LogP contribution in [-0.2, 0) is 4.74 Å². The molecule has 1 aromatic heterocycles. The summed E-state index contributed by atoms with van der Waals surface area (Å²) in [7, 11) is 3.66. The molecule has 4 heteroatoms. The lowest BCUT2D eigenvalue weighted by Gasteiger charge is -2.10. The zero-order valence-electron chi connectivity index (χ0n) is 9.49. The molecule has 0 saturated heterocycles. The molecule has 0 radical (unpaired) electrons. The van der Waals surface area contributed by atoms with Crippen molar-refractivity contribution < 1.29 is 4.74 Å². The van der Waals surface area contributed by atoms with E-state index in [0.29, 0.717) is 6.04 Å². The molecule has 0 saturated carbocycles. The van der Waals surface area contributed by atoms with E-state index in [-0.39, 0.29) is 0 Å². The van der Waals surface area contributed by atoms with Gasteiger partial charge in [-0.3, -0.25) is 0 Å². The molecule has 0 spiro atoms. The van der Waals surface area contributed by atoms with Crippen LogP contribution >= 0.6 is 11.8 Å². The van der Waals surface area contributed by atoms with Crippen molar-refractivity contribution in [2.45, 2.75) is 18.0 Å². The summed E-state index contributed by atoms with van der Waals surface area (Å²) in [6, 6.07) is 4.53. The number of pyridine rings is 1. The highest BCUT2D eigenvalue weighted by Crippen LogP contribution is 2.17. The van der Waals surface area contributed by atoms with Crippen LogP contribution < -0.4 is 5.32 Å². The summed E-state index contributed by atoms with van der Waals surface area (Å²) in [5, 5.41) is 4.24. The molecule has 1 N–H and O–H groups in total. The lowest BCUT2D eigenvalue weighted by atomic mass is 10.1. The minimum absolute atomic E-state index is 0.357. The second-order valence-electron chi connectivity index (χ2n) is 3.28. The van der Waals surface area contributed by atoms with Gasteiger partial charge in [-0.15, -0.1) is 11.8 Å². The van der Waals surface area contributed by atoms with E-state index in [1.807, 2.05) is 13.2 Å². The Bertz CT molecular complexity index is 276.